The van der Waals surface area contributed by atoms with Gasteiger partial charge in [-0.05, 0) is 51.8 Å². The summed E-state index contributed by atoms with van der Waals surface area (Å²) in [6.45, 7) is 0.862. The fourth-order valence-corrected chi connectivity index (χ4v) is 2.53. The van der Waals surface area contributed by atoms with Gasteiger partial charge in [-0.25, -0.2) is 0 Å². The van der Waals surface area contributed by atoms with Crippen molar-refractivity contribution in [3.05, 3.63) is 52.0 Å². The van der Waals surface area contributed by atoms with Gasteiger partial charge in [-0.3, -0.25) is 0 Å². The van der Waals surface area contributed by atoms with Crippen LogP contribution in [0.2, 0.25) is 0 Å². The molecule has 0 unspecified atom stereocenters. The Labute approximate surface area is 132 Å². The van der Waals surface area contributed by atoms with Crippen LogP contribution >= 0.6 is 15.9 Å². The number of benzene rings is 2. The molecule has 0 bridgehead atoms. The molecule has 4 nitrogen and oxygen atoms in total. The quantitative estimate of drug-likeness (QED) is 0.865. The second kappa shape index (κ2) is 7.33. The lowest BCUT2D eigenvalue weighted by Crippen LogP contribution is -2.03. The Hall–Kier alpha value is -1.72. The Balaban J connectivity index is 2.10. The summed E-state index contributed by atoms with van der Waals surface area (Å²) in [6, 6.07) is 11.5. The summed E-state index contributed by atoms with van der Waals surface area (Å²) in [7, 11) is 3.27. The second-order valence-electron chi connectivity index (χ2n) is 4.44. The summed E-state index contributed by atoms with van der Waals surface area (Å²) in [5, 5.41) is 0. The molecule has 0 heterocycles. The van der Waals surface area contributed by atoms with E-state index in [2.05, 4.69) is 15.9 Å². The summed E-state index contributed by atoms with van der Waals surface area (Å²) >= 11 is 3.46. The minimum atomic E-state index is 0.402. The van der Waals surface area contributed by atoms with E-state index in [1.54, 1.807) is 14.2 Å². The van der Waals surface area contributed by atoms with Crippen molar-refractivity contribution in [1.82, 2.24) is 0 Å². The molecular formula is C16H18BrNO3. The average molecular weight is 352 g/mol. The smallest absolute Gasteiger partial charge is 0.133 e. The molecule has 112 valence electrons. The second-order valence-corrected chi connectivity index (χ2v) is 5.29. The first kappa shape index (κ1) is 15.7. The normalized spacial score (nSPS) is 10.3. The topological polar surface area (TPSA) is 53.7 Å². The molecule has 21 heavy (non-hydrogen) atoms. The Kier molecular flexibility index (Phi) is 5.47. The van der Waals surface area contributed by atoms with Crippen molar-refractivity contribution in [3.8, 4) is 17.2 Å². The first-order chi connectivity index (χ1) is 10.2. The van der Waals surface area contributed by atoms with Crippen molar-refractivity contribution in [2.75, 3.05) is 14.2 Å². The van der Waals surface area contributed by atoms with E-state index in [9.17, 15) is 0 Å². The number of halogens is 1. The lowest BCUT2D eigenvalue weighted by atomic mass is 10.2. The Morgan fingerprint density at radius 1 is 1.00 bits per heavy atom. The maximum absolute atomic E-state index is 5.84. The summed E-state index contributed by atoms with van der Waals surface area (Å²) in [5.74, 6) is 2.34. The van der Waals surface area contributed by atoms with Crippen molar-refractivity contribution in [1.29, 1.82) is 0 Å². The zero-order chi connectivity index (χ0) is 15.2. The largest absolute Gasteiger partial charge is 0.497 e. The Morgan fingerprint density at radius 2 is 1.76 bits per heavy atom. The van der Waals surface area contributed by atoms with E-state index in [0.717, 1.165) is 32.8 Å². The minimum Gasteiger partial charge on any atom is -0.497 e. The highest BCUT2D eigenvalue weighted by Gasteiger charge is 2.06. The molecular weight excluding hydrogens is 334 g/mol. The van der Waals surface area contributed by atoms with Gasteiger partial charge in [-0.15, -0.1) is 0 Å². The molecule has 0 aliphatic rings. The predicted molar refractivity (Wildman–Crippen MR) is 85.9 cm³/mol. The third kappa shape index (κ3) is 3.89. The van der Waals surface area contributed by atoms with Gasteiger partial charge >= 0.3 is 0 Å². The van der Waals surface area contributed by atoms with E-state index >= 15 is 0 Å². The lowest BCUT2D eigenvalue weighted by molar-refractivity contribution is 0.301. The van der Waals surface area contributed by atoms with Gasteiger partial charge in [-0.2, -0.15) is 0 Å². The van der Waals surface area contributed by atoms with E-state index in [1.807, 2.05) is 36.4 Å². The minimum absolute atomic E-state index is 0.402. The fraction of sp³-hybridized carbons (Fsp3) is 0.250. The molecule has 2 aromatic carbocycles. The van der Waals surface area contributed by atoms with Crippen LogP contribution in [0, 0.1) is 0 Å². The maximum Gasteiger partial charge on any atom is 0.133 e. The van der Waals surface area contributed by atoms with Crippen LogP contribution < -0.4 is 19.9 Å². The van der Waals surface area contributed by atoms with Gasteiger partial charge in [0.15, 0.2) is 0 Å². The molecule has 2 N–H and O–H groups in total. The highest BCUT2D eigenvalue weighted by Crippen LogP contribution is 2.27. The highest BCUT2D eigenvalue weighted by atomic mass is 79.9. The van der Waals surface area contributed by atoms with E-state index in [4.69, 9.17) is 19.9 Å². The molecule has 0 saturated carbocycles. The van der Waals surface area contributed by atoms with Gasteiger partial charge in [0.1, 0.15) is 23.9 Å². The number of hydrogen-bond donors (Lipinski definition) is 1. The molecule has 0 radical (unpaired) electrons. The Morgan fingerprint density at radius 3 is 2.38 bits per heavy atom. The molecule has 0 saturated heterocycles. The van der Waals surface area contributed by atoms with E-state index in [-0.39, 0.29) is 0 Å². The van der Waals surface area contributed by atoms with Gasteiger partial charge in [0, 0.05) is 12.1 Å². The number of hydrogen-bond acceptors (Lipinski definition) is 4. The maximum atomic E-state index is 5.84. The van der Waals surface area contributed by atoms with Crippen molar-refractivity contribution >= 4 is 15.9 Å². The molecule has 0 atom stereocenters. The average Bonchev–Trinajstić information content (AvgIpc) is 2.52. The van der Waals surface area contributed by atoms with Crippen LogP contribution in [0.5, 0.6) is 17.2 Å². The zero-order valence-electron chi connectivity index (χ0n) is 12.1. The molecule has 2 rings (SSSR count). The number of rotatable bonds is 6. The van der Waals surface area contributed by atoms with Crippen LogP contribution in [0.25, 0.3) is 0 Å². The molecule has 0 fully saturated rings. The summed E-state index contributed by atoms with van der Waals surface area (Å²) < 4.78 is 17.1. The van der Waals surface area contributed by atoms with E-state index < -0.39 is 0 Å². The van der Waals surface area contributed by atoms with Crippen LogP contribution in [0.15, 0.2) is 40.9 Å². The summed E-state index contributed by atoms with van der Waals surface area (Å²) in [6.07, 6.45) is 0. The Bertz CT molecular complexity index is 616. The number of methoxy groups -OCH3 is 2. The van der Waals surface area contributed by atoms with Crippen molar-refractivity contribution in [3.63, 3.8) is 0 Å². The monoisotopic (exact) mass is 351 g/mol. The molecule has 5 heteroatoms. The van der Waals surface area contributed by atoms with Crippen LogP contribution in [0.4, 0.5) is 0 Å². The fourth-order valence-electron chi connectivity index (χ4n) is 1.94. The van der Waals surface area contributed by atoms with Gasteiger partial charge in [0.2, 0.25) is 0 Å². The van der Waals surface area contributed by atoms with Gasteiger partial charge < -0.3 is 19.9 Å². The predicted octanol–water partition coefficient (Wildman–Crippen LogP) is 3.50. The van der Waals surface area contributed by atoms with E-state index in [1.165, 1.54) is 0 Å². The highest BCUT2D eigenvalue weighted by molar-refractivity contribution is 9.10. The lowest BCUT2D eigenvalue weighted by Gasteiger charge is -2.12. The van der Waals surface area contributed by atoms with Gasteiger partial charge in [-0.1, -0.05) is 6.07 Å². The van der Waals surface area contributed by atoms with E-state index in [0.29, 0.717) is 13.2 Å². The van der Waals surface area contributed by atoms with Gasteiger partial charge in [0.05, 0.1) is 18.7 Å². The molecule has 0 spiro atoms. The molecule has 0 aliphatic carbocycles. The zero-order valence-corrected chi connectivity index (χ0v) is 13.6. The third-order valence-corrected chi connectivity index (χ3v) is 3.72. The SMILES string of the molecule is COc1ccc(OCc2ccc(OC)c(Br)c2)c(CN)c1. The van der Waals surface area contributed by atoms with Crippen LogP contribution in [-0.4, -0.2) is 14.2 Å². The number of ether oxygens (including phenoxy) is 3. The molecule has 0 amide bonds. The van der Waals surface area contributed by atoms with Crippen LogP contribution in [0.1, 0.15) is 11.1 Å². The molecule has 2 aromatic rings. The number of nitrogens with two attached hydrogens (primary N) is 1. The standard InChI is InChI=1S/C16H18BrNO3/c1-19-13-4-6-15(12(8-13)9-18)21-10-11-3-5-16(20-2)14(17)7-11/h3-8H,9-10,18H2,1-2H3. The van der Waals surface area contributed by atoms with Crippen molar-refractivity contribution < 1.29 is 14.2 Å². The summed E-state index contributed by atoms with van der Waals surface area (Å²) in [4.78, 5) is 0. The third-order valence-electron chi connectivity index (χ3n) is 3.10. The molecule has 0 aromatic heterocycles. The molecule has 0 aliphatic heterocycles. The van der Waals surface area contributed by atoms with Crippen LogP contribution in [-0.2, 0) is 13.2 Å². The first-order valence-electron chi connectivity index (χ1n) is 6.50. The van der Waals surface area contributed by atoms with Gasteiger partial charge in [0.25, 0.3) is 0 Å². The van der Waals surface area contributed by atoms with Crippen molar-refractivity contribution in [2.24, 2.45) is 5.73 Å². The van der Waals surface area contributed by atoms with Crippen molar-refractivity contribution in [2.45, 2.75) is 13.2 Å². The van der Waals surface area contributed by atoms with Crippen LogP contribution in [0.3, 0.4) is 0 Å². The first-order valence-corrected chi connectivity index (χ1v) is 7.29. The summed E-state index contributed by atoms with van der Waals surface area (Å²) in [5.41, 5.74) is 7.71.